The lowest BCUT2D eigenvalue weighted by atomic mass is 10.1. The summed E-state index contributed by atoms with van der Waals surface area (Å²) >= 11 is 3.35. The van der Waals surface area contributed by atoms with Gasteiger partial charge in [0.25, 0.3) is 5.56 Å². The molecule has 0 aliphatic rings. The second-order valence-electron chi connectivity index (χ2n) is 5.39. The lowest BCUT2D eigenvalue weighted by molar-refractivity contribution is 0.101. The van der Waals surface area contributed by atoms with E-state index >= 15 is 0 Å². The van der Waals surface area contributed by atoms with Gasteiger partial charge in [-0.05, 0) is 24.3 Å². The summed E-state index contributed by atoms with van der Waals surface area (Å²) in [4.78, 5) is 32.9. The maximum Gasteiger partial charge on any atom is 0.255 e. The van der Waals surface area contributed by atoms with Gasteiger partial charge in [0.05, 0.1) is 12.2 Å². The number of anilines is 1. The van der Waals surface area contributed by atoms with Crippen LogP contribution in [0.15, 0.2) is 64.1 Å². The zero-order chi connectivity index (χ0) is 17.8. The van der Waals surface area contributed by atoms with Crippen LogP contribution in [0, 0.1) is 0 Å². The summed E-state index contributed by atoms with van der Waals surface area (Å²) in [5.41, 5.74) is 1.69. The van der Waals surface area contributed by atoms with Gasteiger partial charge in [-0.1, -0.05) is 28.1 Å². The predicted octanol–water partition coefficient (Wildman–Crippen LogP) is 2.90. The van der Waals surface area contributed by atoms with Crippen molar-refractivity contribution >= 4 is 27.7 Å². The molecule has 0 radical (unpaired) electrons. The zero-order valence-electron chi connectivity index (χ0n) is 13.4. The van der Waals surface area contributed by atoms with E-state index in [1.807, 2.05) is 6.07 Å². The van der Waals surface area contributed by atoms with Gasteiger partial charge in [0.1, 0.15) is 0 Å². The van der Waals surface area contributed by atoms with E-state index in [0.29, 0.717) is 17.2 Å². The van der Waals surface area contributed by atoms with Crippen molar-refractivity contribution in [2.45, 2.75) is 0 Å². The van der Waals surface area contributed by atoms with Gasteiger partial charge >= 0.3 is 0 Å². The molecule has 2 aromatic heterocycles. The van der Waals surface area contributed by atoms with E-state index in [0.717, 1.165) is 10.0 Å². The van der Waals surface area contributed by atoms with E-state index in [-0.39, 0.29) is 17.9 Å². The molecule has 3 rings (SSSR count). The average Bonchev–Trinajstić information content (AvgIpc) is 2.63. The first-order valence-electron chi connectivity index (χ1n) is 7.56. The summed E-state index contributed by atoms with van der Waals surface area (Å²) in [5.74, 6) is 0.243. The third kappa shape index (κ3) is 4.00. The van der Waals surface area contributed by atoms with Crippen molar-refractivity contribution < 1.29 is 4.79 Å². The van der Waals surface area contributed by atoms with Gasteiger partial charge in [0.15, 0.2) is 5.78 Å². The van der Waals surface area contributed by atoms with Crippen LogP contribution in [0.1, 0.15) is 10.4 Å². The molecule has 0 aliphatic heterocycles. The van der Waals surface area contributed by atoms with Crippen molar-refractivity contribution in [3.05, 3.63) is 75.2 Å². The minimum absolute atomic E-state index is 0.0382. The Morgan fingerprint density at radius 3 is 2.68 bits per heavy atom. The Hall–Kier alpha value is -2.80. The Balaban J connectivity index is 1.84. The number of carbonyl (C=O) groups excluding carboxylic acids is 1. The molecule has 0 bridgehead atoms. The third-order valence-electron chi connectivity index (χ3n) is 3.66. The van der Waals surface area contributed by atoms with Crippen LogP contribution in [-0.2, 0) is 7.05 Å². The van der Waals surface area contributed by atoms with Gasteiger partial charge in [0, 0.05) is 41.1 Å². The Morgan fingerprint density at radius 2 is 1.96 bits per heavy atom. The molecule has 7 heteroatoms. The van der Waals surface area contributed by atoms with E-state index < -0.39 is 0 Å². The molecule has 0 atom stereocenters. The number of nitrogens with one attached hydrogen (secondary N) is 1. The van der Waals surface area contributed by atoms with Crippen LogP contribution in [0.5, 0.6) is 0 Å². The second-order valence-corrected chi connectivity index (χ2v) is 6.30. The van der Waals surface area contributed by atoms with Gasteiger partial charge in [-0.15, -0.1) is 0 Å². The van der Waals surface area contributed by atoms with Crippen LogP contribution in [0.25, 0.3) is 11.3 Å². The fourth-order valence-electron chi connectivity index (χ4n) is 2.29. The molecule has 0 aliphatic carbocycles. The highest BCUT2D eigenvalue weighted by Crippen LogP contribution is 2.16. The number of nitrogens with zero attached hydrogens (tertiary/aromatic N) is 3. The van der Waals surface area contributed by atoms with Crippen molar-refractivity contribution in [2.75, 3.05) is 11.9 Å². The Bertz CT molecular complexity index is 970. The Kier molecular flexibility index (Phi) is 5.04. The van der Waals surface area contributed by atoms with Crippen LogP contribution in [-0.4, -0.2) is 26.9 Å². The zero-order valence-corrected chi connectivity index (χ0v) is 15.0. The number of pyridine rings is 1. The van der Waals surface area contributed by atoms with Crippen molar-refractivity contribution in [3.8, 4) is 11.3 Å². The summed E-state index contributed by atoms with van der Waals surface area (Å²) in [6, 6.07) is 12.2. The molecule has 6 nitrogen and oxygen atoms in total. The molecule has 2 heterocycles. The number of hydrogen-bond donors (Lipinski definition) is 1. The molecule has 3 aromatic rings. The number of carbonyl (C=O) groups is 1. The van der Waals surface area contributed by atoms with E-state index in [1.165, 1.54) is 10.6 Å². The number of rotatable bonds is 5. The highest BCUT2D eigenvalue weighted by molar-refractivity contribution is 9.10. The molecule has 0 fully saturated rings. The van der Waals surface area contributed by atoms with Gasteiger partial charge < -0.3 is 5.32 Å². The summed E-state index contributed by atoms with van der Waals surface area (Å²) in [6.07, 6.45) is 3.27. The number of Topliss-reactive ketones (excluding diaryl/α,β-unsaturated/α-hetero) is 1. The predicted molar refractivity (Wildman–Crippen MR) is 99.7 cm³/mol. The van der Waals surface area contributed by atoms with Gasteiger partial charge in [-0.3, -0.25) is 19.1 Å². The first-order chi connectivity index (χ1) is 12.0. The molecule has 0 spiro atoms. The lowest BCUT2D eigenvalue weighted by Gasteiger charge is -2.11. The molecule has 1 N–H and O–H groups in total. The topological polar surface area (TPSA) is 76.9 Å². The fraction of sp³-hybridized carbons (Fsp3) is 0.111. The van der Waals surface area contributed by atoms with Crippen LogP contribution >= 0.6 is 15.9 Å². The molecule has 126 valence electrons. The van der Waals surface area contributed by atoms with Gasteiger partial charge in [-0.2, -0.15) is 0 Å². The van der Waals surface area contributed by atoms with Crippen molar-refractivity contribution in [2.24, 2.45) is 7.05 Å². The third-order valence-corrected chi connectivity index (χ3v) is 4.16. The highest BCUT2D eigenvalue weighted by Gasteiger charge is 2.10. The van der Waals surface area contributed by atoms with Crippen molar-refractivity contribution in [1.82, 2.24) is 14.5 Å². The molecular formula is C18H15BrN4O2. The first kappa shape index (κ1) is 17.0. The Labute approximate surface area is 152 Å². The SMILES string of the molecule is Cn1c(NCC(=O)c2cccc(Br)c2)nc(-c2ccncc2)cc1=O. The molecule has 0 amide bonds. The normalized spacial score (nSPS) is 10.5. The quantitative estimate of drug-likeness (QED) is 0.668. The standard InChI is InChI=1S/C18H15BrN4O2/c1-23-17(25)10-15(12-5-7-20-8-6-12)22-18(23)21-11-16(24)13-3-2-4-14(19)9-13/h2-10H,11H2,1H3,(H,21,22). The van der Waals surface area contributed by atoms with E-state index in [1.54, 1.807) is 49.8 Å². The molecule has 0 saturated heterocycles. The number of ketones is 1. The largest absolute Gasteiger partial charge is 0.348 e. The number of aromatic nitrogens is 3. The summed E-state index contributed by atoms with van der Waals surface area (Å²) in [7, 11) is 1.61. The van der Waals surface area contributed by atoms with Gasteiger partial charge in [-0.25, -0.2) is 4.98 Å². The van der Waals surface area contributed by atoms with Crippen LogP contribution < -0.4 is 10.9 Å². The van der Waals surface area contributed by atoms with E-state index in [9.17, 15) is 9.59 Å². The molecule has 0 saturated carbocycles. The highest BCUT2D eigenvalue weighted by atomic mass is 79.9. The Morgan fingerprint density at radius 1 is 1.20 bits per heavy atom. The lowest BCUT2D eigenvalue weighted by Crippen LogP contribution is -2.24. The van der Waals surface area contributed by atoms with Crippen molar-refractivity contribution in [1.29, 1.82) is 0 Å². The van der Waals surface area contributed by atoms with Crippen LogP contribution in [0.3, 0.4) is 0 Å². The van der Waals surface area contributed by atoms with E-state index in [2.05, 4.69) is 31.2 Å². The maximum absolute atomic E-state index is 12.3. The molecule has 0 unspecified atom stereocenters. The van der Waals surface area contributed by atoms with Gasteiger partial charge in [0.2, 0.25) is 5.95 Å². The minimum Gasteiger partial charge on any atom is -0.348 e. The fourth-order valence-corrected chi connectivity index (χ4v) is 2.69. The average molecular weight is 399 g/mol. The number of hydrogen-bond acceptors (Lipinski definition) is 5. The summed E-state index contributed by atoms with van der Waals surface area (Å²) in [6.45, 7) is 0.0382. The smallest absolute Gasteiger partial charge is 0.255 e. The molecule has 25 heavy (non-hydrogen) atoms. The summed E-state index contributed by atoms with van der Waals surface area (Å²) < 4.78 is 2.21. The van der Waals surface area contributed by atoms with E-state index in [4.69, 9.17) is 0 Å². The molecular weight excluding hydrogens is 384 g/mol. The number of halogens is 1. The molecule has 1 aromatic carbocycles. The van der Waals surface area contributed by atoms with Crippen molar-refractivity contribution in [3.63, 3.8) is 0 Å². The monoisotopic (exact) mass is 398 g/mol. The second kappa shape index (κ2) is 7.40. The number of benzene rings is 1. The minimum atomic E-state index is -0.209. The first-order valence-corrected chi connectivity index (χ1v) is 8.35. The maximum atomic E-state index is 12.3. The van der Waals surface area contributed by atoms with Crippen LogP contribution in [0.2, 0.25) is 0 Å². The van der Waals surface area contributed by atoms with Crippen LogP contribution in [0.4, 0.5) is 5.95 Å². The summed E-state index contributed by atoms with van der Waals surface area (Å²) in [5, 5.41) is 2.95.